The van der Waals surface area contributed by atoms with E-state index in [0.717, 1.165) is 0 Å². The van der Waals surface area contributed by atoms with Crippen molar-refractivity contribution in [3.63, 3.8) is 0 Å². The summed E-state index contributed by atoms with van der Waals surface area (Å²) in [5.74, 6) is 0.0792. The number of aliphatic hydroxyl groups is 1. The number of hydrogen-bond donors (Lipinski definition) is 1. The van der Waals surface area contributed by atoms with E-state index in [1.807, 2.05) is 0 Å². The summed E-state index contributed by atoms with van der Waals surface area (Å²) in [6.07, 6.45) is 1.62. The average Bonchev–Trinajstić information content (AvgIpc) is 2.48. The van der Waals surface area contributed by atoms with Crippen LogP contribution >= 0.6 is 0 Å². The van der Waals surface area contributed by atoms with E-state index in [1.54, 1.807) is 18.3 Å². The van der Waals surface area contributed by atoms with Gasteiger partial charge in [-0.25, -0.2) is 0 Å². The van der Waals surface area contributed by atoms with Crippen LogP contribution in [-0.2, 0) is 13.2 Å². The fraction of sp³-hybridized carbons (Fsp3) is 0.214. The topological polar surface area (TPSA) is 94.6 Å². The maximum atomic E-state index is 11.5. The van der Waals surface area contributed by atoms with Crippen molar-refractivity contribution in [3.05, 3.63) is 68.6 Å². The van der Waals surface area contributed by atoms with Crippen molar-refractivity contribution in [2.75, 3.05) is 6.61 Å². The largest absolute Gasteiger partial charge is 0.485 e. The third kappa shape index (κ3) is 3.67. The summed E-state index contributed by atoms with van der Waals surface area (Å²) in [6.45, 7) is 0.159. The van der Waals surface area contributed by atoms with E-state index in [0.29, 0.717) is 5.56 Å². The Balaban J connectivity index is 2.10. The Labute approximate surface area is 120 Å². The van der Waals surface area contributed by atoms with Crippen LogP contribution in [0.1, 0.15) is 5.56 Å². The van der Waals surface area contributed by atoms with Gasteiger partial charge in [-0.15, -0.1) is 0 Å². The molecule has 0 unspecified atom stereocenters. The maximum Gasteiger partial charge on any atom is 0.310 e. The fourth-order valence-electron chi connectivity index (χ4n) is 1.82. The molecule has 1 aromatic carbocycles. The summed E-state index contributed by atoms with van der Waals surface area (Å²) >= 11 is 0. The van der Waals surface area contributed by atoms with Gasteiger partial charge < -0.3 is 14.4 Å². The molecule has 0 aliphatic rings. The normalized spacial score (nSPS) is 10.3. The van der Waals surface area contributed by atoms with Gasteiger partial charge in [-0.1, -0.05) is 6.07 Å². The van der Waals surface area contributed by atoms with Gasteiger partial charge >= 0.3 is 5.69 Å². The molecule has 7 heteroatoms. The predicted molar refractivity (Wildman–Crippen MR) is 75.2 cm³/mol. The Hall–Kier alpha value is -2.67. The second-order valence-corrected chi connectivity index (χ2v) is 4.30. The highest BCUT2D eigenvalue weighted by Gasteiger charge is 2.15. The van der Waals surface area contributed by atoms with Gasteiger partial charge in [0.25, 0.3) is 5.56 Å². The summed E-state index contributed by atoms with van der Waals surface area (Å²) in [6, 6.07) is 8.95. The number of nitro benzene ring substituents is 1. The minimum absolute atomic E-state index is 0.0792. The number of benzene rings is 1. The molecule has 0 atom stereocenters. The van der Waals surface area contributed by atoms with Gasteiger partial charge in [0.05, 0.1) is 18.1 Å². The minimum Gasteiger partial charge on any atom is -0.485 e. The quantitative estimate of drug-likeness (QED) is 0.639. The number of hydrogen-bond acceptors (Lipinski definition) is 5. The Morgan fingerprint density at radius 1 is 1.29 bits per heavy atom. The van der Waals surface area contributed by atoms with E-state index in [4.69, 9.17) is 9.84 Å². The van der Waals surface area contributed by atoms with Gasteiger partial charge in [0.15, 0.2) is 5.75 Å². The first kappa shape index (κ1) is 14.7. The van der Waals surface area contributed by atoms with Gasteiger partial charge in [0.2, 0.25) is 0 Å². The molecule has 0 aliphatic carbocycles. The molecule has 1 aromatic heterocycles. The minimum atomic E-state index is -0.550. The van der Waals surface area contributed by atoms with Crippen LogP contribution in [0.15, 0.2) is 47.4 Å². The van der Waals surface area contributed by atoms with Crippen LogP contribution < -0.4 is 10.3 Å². The van der Waals surface area contributed by atoms with Crippen LogP contribution in [0.4, 0.5) is 5.69 Å². The molecule has 2 rings (SSSR count). The Bertz CT molecular complexity index is 696. The number of ether oxygens (including phenoxy) is 1. The van der Waals surface area contributed by atoms with Crippen molar-refractivity contribution in [2.24, 2.45) is 0 Å². The van der Waals surface area contributed by atoms with E-state index in [9.17, 15) is 14.9 Å². The highest BCUT2D eigenvalue weighted by Crippen LogP contribution is 2.27. The molecule has 7 nitrogen and oxygen atoms in total. The van der Waals surface area contributed by atoms with Gasteiger partial charge in [-0.2, -0.15) is 0 Å². The van der Waals surface area contributed by atoms with Crippen molar-refractivity contribution < 1.29 is 14.8 Å². The van der Waals surface area contributed by atoms with Gasteiger partial charge in [0, 0.05) is 18.3 Å². The van der Waals surface area contributed by atoms with Gasteiger partial charge in [0.1, 0.15) is 6.61 Å². The van der Waals surface area contributed by atoms with Gasteiger partial charge in [-0.3, -0.25) is 14.9 Å². The molecule has 110 valence electrons. The van der Waals surface area contributed by atoms with E-state index in [1.165, 1.54) is 28.8 Å². The molecular formula is C14H14N2O5. The lowest BCUT2D eigenvalue weighted by atomic mass is 10.2. The summed E-state index contributed by atoms with van der Waals surface area (Å²) in [7, 11) is 0. The van der Waals surface area contributed by atoms with Crippen LogP contribution in [0.25, 0.3) is 0 Å². The molecule has 0 aliphatic heterocycles. The Kier molecular flexibility index (Phi) is 4.68. The smallest absolute Gasteiger partial charge is 0.310 e. The molecule has 1 N–H and O–H groups in total. The number of aromatic nitrogens is 1. The third-order valence-electron chi connectivity index (χ3n) is 2.89. The molecular weight excluding hydrogens is 276 g/mol. The first-order valence-corrected chi connectivity index (χ1v) is 6.28. The molecule has 0 amide bonds. The fourth-order valence-corrected chi connectivity index (χ4v) is 1.82. The Morgan fingerprint density at radius 3 is 2.76 bits per heavy atom. The molecule has 2 aromatic rings. The van der Waals surface area contributed by atoms with E-state index >= 15 is 0 Å². The molecule has 0 fully saturated rings. The highest BCUT2D eigenvalue weighted by molar-refractivity contribution is 5.48. The van der Waals surface area contributed by atoms with E-state index < -0.39 is 4.92 Å². The van der Waals surface area contributed by atoms with E-state index in [2.05, 4.69) is 0 Å². The van der Waals surface area contributed by atoms with Crippen molar-refractivity contribution in [3.8, 4) is 5.75 Å². The summed E-state index contributed by atoms with van der Waals surface area (Å²) in [5, 5.41) is 20.0. The lowest BCUT2D eigenvalue weighted by Gasteiger charge is -2.09. The molecule has 0 saturated carbocycles. The molecule has 1 heterocycles. The zero-order valence-electron chi connectivity index (χ0n) is 11.1. The van der Waals surface area contributed by atoms with Crippen molar-refractivity contribution in [1.29, 1.82) is 0 Å². The molecule has 21 heavy (non-hydrogen) atoms. The maximum absolute atomic E-state index is 11.5. The molecule has 0 spiro atoms. The van der Waals surface area contributed by atoms with Crippen LogP contribution in [-0.4, -0.2) is 21.2 Å². The highest BCUT2D eigenvalue weighted by atomic mass is 16.6. The first-order valence-electron chi connectivity index (χ1n) is 6.28. The SMILES string of the molecule is O=c1ccccn1CCOc1cc(CO)ccc1[N+](=O)[O-]. The standard InChI is InChI=1S/C14H14N2O5/c17-10-11-4-5-12(16(19)20)13(9-11)21-8-7-15-6-2-1-3-14(15)18/h1-6,9,17H,7-8,10H2. The van der Waals surface area contributed by atoms with Crippen LogP contribution in [0.3, 0.4) is 0 Å². The third-order valence-corrected chi connectivity index (χ3v) is 2.89. The zero-order chi connectivity index (χ0) is 15.2. The Morgan fingerprint density at radius 2 is 2.10 bits per heavy atom. The second-order valence-electron chi connectivity index (χ2n) is 4.30. The van der Waals surface area contributed by atoms with E-state index in [-0.39, 0.29) is 36.8 Å². The monoisotopic (exact) mass is 290 g/mol. The van der Waals surface area contributed by atoms with Crippen LogP contribution in [0.5, 0.6) is 5.75 Å². The van der Waals surface area contributed by atoms with Gasteiger partial charge in [-0.05, 0) is 23.8 Å². The summed E-state index contributed by atoms with van der Waals surface area (Å²) in [5.41, 5.74) is 0.180. The lowest BCUT2D eigenvalue weighted by Crippen LogP contribution is -2.21. The number of nitro groups is 1. The number of aliphatic hydroxyl groups excluding tert-OH is 1. The molecule has 0 bridgehead atoms. The number of rotatable bonds is 6. The van der Waals surface area contributed by atoms with Crippen molar-refractivity contribution in [2.45, 2.75) is 13.2 Å². The number of pyridine rings is 1. The summed E-state index contributed by atoms with van der Waals surface area (Å²) < 4.78 is 6.83. The van der Waals surface area contributed by atoms with Crippen molar-refractivity contribution >= 4 is 5.69 Å². The van der Waals surface area contributed by atoms with Crippen LogP contribution in [0.2, 0.25) is 0 Å². The molecule has 0 saturated heterocycles. The number of nitrogens with zero attached hydrogens (tertiary/aromatic N) is 2. The second kappa shape index (κ2) is 6.67. The first-order chi connectivity index (χ1) is 10.1. The predicted octanol–water partition coefficient (Wildman–Crippen LogP) is 1.33. The average molecular weight is 290 g/mol. The van der Waals surface area contributed by atoms with Crippen LogP contribution in [0, 0.1) is 10.1 Å². The zero-order valence-corrected chi connectivity index (χ0v) is 11.1. The molecule has 0 radical (unpaired) electrons. The lowest BCUT2D eigenvalue weighted by molar-refractivity contribution is -0.385. The van der Waals surface area contributed by atoms with Crippen molar-refractivity contribution in [1.82, 2.24) is 4.57 Å². The summed E-state index contributed by atoms with van der Waals surface area (Å²) in [4.78, 5) is 21.9.